The molecule has 9 heteroatoms. The van der Waals surface area contributed by atoms with E-state index in [0.717, 1.165) is 33.4 Å². The summed E-state index contributed by atoms with van der Waals surface area (Å²) in [5.74, 6) is 0.683. The zero-order valence-corrected chi connectivity index (χ0v) is 23.9. The van der Waals surface area contributed by atoms with Gasteiger partial charge in [-0.3, -0.25) is 0 Å². The van der Waals surface area contributed by atoms with E-state index in [9.17, 15) is 9.90 Å². The van der Waals surface area contributed by atoms with Gasteiger partial charge in [0.2, 0.25) is 0 Å². The highest BCUT2D eigenvalue weighted by atomic mass is 32.2. The second-order valence-corrected chi connectivity index (χ2v) is 10.7. The van der Waals surface area contributed by atoms with Gasteiger partial charge in [0.1, 0.15) is 6.61 Å². The number of carbonyl (C=O) groups excluding carboxylic acids is 1. The summed E-state index contributed by atoms with van der Waals surface area (Å²) in [6.45, 7) is 4.06. The predicted octanol–water partition coefficient (Wildman–Crippen LogP) is 6.39. The first-order chi connectivity index (χ1) is 20.6. The minimum atomic E-state index is -0.561. The van der Waals surface area contributed by atoms with Crippen LogP contribution in [0.2, 0.25) is 0 Å². The maximum atomic E-state index is 11.9. The highest BCUT2D eigenvalue weighted by Gasteiger charge is 2.32. The van der Waals surface area contributed by atoms with Gasteiger partial charge < -0.3 is 24.6 Å². The molecular formula is C33H33N3O5S. The Balaban J connectivity index is 1.32. The fraction of sp³-hybridized carbons (Fsp3) is 0.242. The van der Waals surface area contributed by atoms with Gasteiger partial charge in [-0.15, -0.1) is 0 Å². The average Bonchev–Trinajstić information content (AvgIpc) is 3.06. The second-order valence-electron chi connectivity index (χ2n) is 9.71. The Morgan fingerprint density at radius 3 is 2.48 bits per heavy atom. The highest BCUT2D eigenvalue weighted by molar-refractivity contribution is 7.99. The van der Waals surface area contributed by atoms with Crippen molar-refractivity contribution in [2.75, 3.05) is 12.4 Å². The average molecular weight is 584 g/mol. The molecule has 0 saturated carbocycles. The van der Waals surface area contributed by atoms with E-state index in [-0.39, 0.29) is 25.4 Å². The molecule has 0 aliphatic carbocycles. The minimum absolute atomic E-state index is 0.00117. The van der Waals surface area contributed by atoms with Gasteiger partial charge >= 0.3 is 6.09 Å². The van der Waals surface area contributed by atoms with Crippen LogP contribution in [0, 0.1) is 0 Å². The summed E-state index contributed by atoms with van der Waals surface area (Å²) < 4.78 is 18.0. The number of amides is 1. The maximum absolute atomic E-state index is 11.9. The molecule has 2 heterocycles. The fourth-order valence-corrected chi connectivity index (χ4v) is 5.50. The number of benzene rings is 3. The van der Waals surface area contributed by atoms with Crippen molar-refractivity contribution in [3.63, 3.8) is 0 Å². The summed E-state index contributed by atoms with van der Waals surface area (Å²) >= 11 is 1.56. The number of ether oxygens (including phenoxy) is 3. The van der Waals surface area contributed by atoms with Crippen LogP contribution in [0.15, 0.2) is 109 Å². The molecule has 0 spiro atoms. The first kappa shape index (κ1) is 29.5. The third-order valence-electron chi connectivity index (χ3n) is 6.82. The summed E-state index contributed by atoms with van der Waals surface area (Å²) in [6.07, 6.45) is 4.37. The number of alkyl carbamates (subject to hydrolysis) is 1. The molecule has 3 aromatic carbocycles. The van der Waals surface area contributed by atoms with Crippen molar-refractivity contribution >= 4 is 17.9 Å². The topological polar surface area (TPSA) is 103 Å². The Hall–Kier alpha value is -4.02. The molecule has 0 bridgehead atoms. The number of nitrogens with one attached hydrogen (secondary N) is 1. The zero-order chi connectivity index (χ0) is 29.1. The van der Waals surface area contributed by atoms with E-state index in [2.05, 4.69) is 21.9 Å². The van der Waals surface area contributed by atoms with Crippen molar-refractivity contribution in [3.8, 4) is 11.1 Å². The fourth-order valence-electron chi connectivity index (χ4n) is 4.68. The molecule has 1 aromatic heterocycles. The largest absolute Gasteiger partial charge is 0.445 e. The lowest BCUT2D eigenvalue weighted by Crippen LogP contribution is -2.31. The minimum Gasteiger partial charge on any atom is -0.445 e. The zero-order valence-electron chi connectivity index (χ0n) is 23.1. The smallest absolute Gasteiger partial charge is 0.407 e. The lowest BCUT2D eigenvalue weighted by molar-refractivity contribution is -0.245. The van der Waals surface area contributed by atoms with E-state index in [1.165, 1.54) is 6.08 Å². The molecule has 2 N–H and O–H groups in total. The number of carbonyl (C=O) groups is 1. The van der Waals surface area contributed by atoms with Crippen LogP contribution < -0.4 is 5.32 Å². The number of aliphatic hydroxyl groups is 1. The summed E-state index contributed by atoms with van der Waals surface area (Å²) in [6, 6.07) is 25.7. The van der Waals surface area contributed by atoms with Gasteiger partial charge in [-0.1, -0.05) is 97.2 Å². The van der Waals surface area contributed by atoms with E-state index in [4.69, 9.17) is 14.2 Å². The Labute approximate surface area is 249 Å². The number of nitrogens with zero attached hydrogens (tertiary/aromatic N) is 2. The standard InChI is InChI=1S/C33H33N3O5S/c1-2-18-39-33(38)36-20-27-6-3-4-7-29(27)24-12-14-26(15-13-24)31-40-28(22-42-32-34-16-5-17-35-32)19-30(41-31)25-10-8-23(21-37)9-11-25/h2-17,28,30-31,37H,1,18-22H2,(H,36,38). The second kappa shape index (κ2) is 14.7. The Kier molecular flexibility index (Phi) is 10.3. The summed E-state index contributed by atoms with van der Waals surface area (Å²) in [7, 11) is 0. The number of hydrogen-bond donors (Lipinski definition) is 2. The molecule has 1 amide bonds. The van der Waals surface area contributed by atoms with E-state index < -0.39 is 12.4 Å². The quantitative estimate of drug-likeness (QED) is 0.119. The molecule has 3 atom stereocenters. The lowest BCUT2D eigenvalue weighted by Gasteiger charge is -2.36. The normalized spacial score (nSPS) is 18.3. The van der Waals surface area contributed by atoms with Crippen LogP contribution in [0.1, 0.15) is 41.1 Å². The van der Waals surface area contributed by atoms with Crippen molar-refractivity contribution in [3.05, 3.63) is 126 Å². The van der Waals surface area contributed by atoms with Crippen LogP contribution in [0.3, 0.4) is 0 Å². The van der Waals surface area contributed by atoms with Gasteiger partial charge in [-0.2, -0.15) is 0 Å². The van der Waals surface area contributed by atoms with E-state index in [1.54, 1.807) is 30.2 Å². The molecule has 1 saturated heterocycles. The number of aromatic nitrogens is 2. The summed E-state index contributed by atoms with van der Waals surface area (Å²) in [5.41, 5.74) is 5.79. The van der Waals surface area contributed by atoms with Crippen LogP contribution in [-0.4, -0.2) is 39.6 Å². The van der Waals surface area contributed by atoms with E-state index in [0.29, 0.717) is 23.9 Å². The molecule has 0 radical (unpaired) electrons. The third-order valence-corrected chi connectivity index (χ3v) is 7.83. The molecule has 1 aliphatic heterocycles. The molecular weight excluding hydrogens is 550 g/mol. The van der Waals surface area contributed by atoms with Crippen LogP contribution in [0.5, 0.6) is 0 Å². The first-order valence-electron chi connectivity index (χ1n) is 13.7. The Bertz CT molecular complexity index is 1450. The number of rotatable bonds is 11. The van der Waals surface area contributed by atoms with E-state index in [1.807, 2.05) is 72.8 Å². The van der Waals surface area contributed by atoms with Gasteiger partial charge in [-0.05, 0) is 33.9 Å². The van der Waals surface area contributed by atoms with Gasteiger partial charge in [0.25, 0.3) is 0 Å². The van der Waals surface area contributed by atoms with Crippen molar-refractivity contribution in [2.45, 2.75) is 43.2 Å². The van der Waals surface area contributed by atoms with Crippen molar-refractivity contribution < 1.29 is 24.1 Å². The third kappa shape index (κ3) is 7.83. The van der Waals surface area contributed by atoms with Gasteiger partial charge in [-0.25, -0.2) is 14.8 Å². The lowest BCUT2D eigenvalue weighted by atomic mass is 9.98. The molecule has 3 unspecified atom stereocenters. The molecule has 42 heavy (non-hydrogen) atoms. The molecule has 216 valence electrons. The summed E-state index contributed by atoms with van der Waals surface area (Å²) in [5, 5.41) is 13.0. The van der Waals surface area contributed by atoms with Crippen LogP contribution in [0.4, 0.5) is 4.79 Å². The Morgan fingerprint density at radius 2 is 1.74 bits per heavy atom. The van der Waals surface area contributed by atoms with Gasteiger partial charge in [0, 0.05) is 36.7 Å². The van der Waals surface area contributed by atoms with Crippen molar-refractivity contribution in [2.24, 2.45) is 0 Å². The first-order valence-corrected chi connectivity index (χ1v) is 14.7. The maximum Gasteiger partial charge on any atom is 0.407 e. The molecule has 1 fully saturated rings. The summed E-state index contributed by atoms with van der Waals surface area (Å²) in [4.78, 5) is 20.6. The molecule has 1 aliphatic rings. The predicted molar refractivity (Wildman–Crippen MR) is 161 cm³/mol. The van der Waals surface area contributed by atoms with Crippen LogP contribution in [0.25, 0.3) is 11.1 Å². The molecule has 8 nitrogen and oxygen atoms in total. The van der Waals surface area contributed by atoms with Crippen LogP contribution in [-0.2, 0) is 27.4 Å². The number of thioether (sulfide) groups is 1. The molecule has 5 rings (SSSR count). The SMILES string of the molecule is C=CCOC(=O)NCc1ccccc1-c1ccc(C2OC(CSc3ncccn3)CC(c3ccc(CO)cc3)O2)cc1. The van der Waals surface area contributed by atoms with Gasteiger partial charge in [0.15, 0.2) is 11.4 Å². The number of aliphatic hydroxyl groups excluding tert-OH is 1. The van der Waals surface area contributed by atoms with Gasteiger partial charge in [0.05, 0.1) is 18.8 Å². The van der Waals surface area contributed by atoms with Crippen molar-refractivity contribution in [1.82, 2.24) is 15.3 Å². The Morgan fingerprint density at radius 1 is 1.00 bits per heavy atom. The van der Waals surface area contributed by atoms with E-state index >= 15 is 0 Å². The number of hydrogen-bond acceptors (Lipinski definition) is 8. The van der Waals surface area contributed by atoms with Crippen LogP contribution >= 0.6 is 11.8 Å². The molecule has 4 aromatic rings. The highest BCUT2D eigenvalue weighted by Crippen LogP contribution is 2.39. The monoisotopic (exact) mass is 583 g/mol. The van der Waals surface area contributed by atoms with Crippen molar-refractivity contribution in [1.29, 1.82) is 0 Å².